The number of allylic oxidation sites excluding steroid dienone is 1. The third-order valence-electron chi connectivity index (χ3n) is 7.54. The molecule has 0 bridgehead atoms. The number of aliphatic hydroxyl groups is 1. The van der Waals surface area contributed by atoms with Gasteiger partial charge in [0.05, 0.1) is 35.8 Å². The van der Waals surface area contributed by atoms with Crippen LogP contribution >= 0.6 is 11.8 Å². The Bertz CT molecular complexity index is 860. The van der Waals surface area contributed by atoms with Crippen LogP contribution in [0.25, 0.3) is 0 Å². The van der Waals surface area contributed by atoms with Crippen LogP contribution in [-0.2, 0) is 19.1 Å². The fourth-order valence-corrected chi connectivity index (χ4v) is 8.04. The van der Waals surface area contributed by atoms with E-state index in [9.17, 15) is 19.5 Å². The average molecular weight is 477 g/mol. The number of rotatable bonds is 5. The summed E-state index contributed by atoms with van der Waals surface area (Å²) in [6.07, 6.45) is 12.6. The second kappa shape index (κ2) is 9.45. The maximum Gasteiger partial charge on any atom is 0.311 e. The summed E-state index contributed by atoms with van der Waals surface area (Å²) in [6.45, 7) is 7.06. The van der Waals surface area contributed by atoms with Crippen LogP contribution in [0.5, 0.6) is 0 Å². The van der Waals surface area contributed by atoms with Gasteiger partial charge >= 0.3 is 5.97 Å². The molecule has 0 aliphatic carbocycles. The molecule has 8 heteroatoms. The number of amides is 2. The molecule has 1 spiro atoms. The highest BCUT2D eigenvalue weighted by molar-refractivity contribution is 8.02. The fourth-order valence-electron chi connectivity index (χ4n) is 5.90. The number of likely N-dealkylation sites (tertiary alicyclic amines) is 1. The van der Waals surface area contributed by atoms with Gasteiger partial charge in [-0.25, -0.2) is 0 Å². The van der Waals surface area contributed by atoms with Crippen LogP contribution in [0.4, 0.5) is 0 Å². The Balaban J connectivity index is 1.85. The van der Waals surface area contributed by atoms with E-state index in [1.165, 1.54) is 0 Å². The molecule has 4 rings (SSSR count). The number of ether oxygens (including phenoxy) is 1. The predicted octanol–water partition coefficient (Wildman–Crippen LogP) is 2.54. The Kier molecular flexibility index (Phi) is 6.97. The van der Waals surface area contributed by atoms with Crippen LogP contribution in [0.1, 0.15) is 52.9 Å². The predicted molar refractivity (Wildman–Crippen MR) is 127 cm³/mol. The van der Waals surface area contributed by atoms with Crippen LogP contribution in [-0.4, -0.2) is 80.6 Å². The molecule has 1 unspecified atom stereocenters. The number of nitrogens with zero attached hydrogens (tertiary/aromatic N) is 2. The molecule has 0 aromatic carbocycles. The molecule has 6 atom stereocenters. The number of unbranched alkanes of at least 4 members (excludes halogenated alkanes) is 1. The molecule has 7 nitrogen and oxygen atoms in total. The zero-order valence-electron chi connectivity index (χ0n) is 19.9. The third-order valence-corrected chi connectivity index (χ3v) is 9.34. The van der Waals surface area contributed by atoms with Crippen LogP contribution < -0.4 is 0 Å². The molecule has 182 valence electrons. The molecule has 33 heavy (non-hydrogen) atoms. The maximum atomic E-state index is 14.0. The Hall–Kier alpha value is -1.80. The van der Waals surface area contributed by atoms with E-state index in [4.69, 9.17) is 4.74 Å². The number of carbonyl (C=O) groups is 3. The van der Waals surface area contributed by atoms with E-state index in [-0.39, 0.29) is 24.4 Å². The lowest BCUT2D eigenvalue weighted by atomic mass is 9.74. The summed E-state index contributed by atoms with van der Waals surface area (Å²) in [4.78, 5) is 44.7. The summed E-state index contributed by atoms with van der Waals surface area (Å²) in [5, 5.41) is 9.97. The quantitative estimate of drug-likeness (QED) is 0.485. The number of hydrogen-bond acceptors (Lipinski definition) is 6. The minimum Gasteiger partial charge on any atom is -0.465 e. The summed E-state index contributed by atoms with van der Waals surface area (Å²) in [7, 11) is 0. The summed E-state index contributed by atoms with van der Waals surface area (Å²) in [6, 6.07) is -1.28. The van der Waals surface area contributed by atoms with Crippen molar-refractivity contribution in [2.45, 2.75) is 74.5 Å². The van der Waals surface area contributed by atoms with Crippen LogP contribution in [0.2, 0.25) is 0 Å². The second-order valence-corrected chi connectivity index (χ2v) is 11.7. The topological polar surface area (TPSA) is 87.2 Å². The van der Waals surface area contributed by atoms with E-state index < -0.39 is 33.4 Å². The number of thioether (sulfide) groups is 1. The zero-order chi connectivity index (χ0) is 23.8. The van der Waals surface area contributed by atoms with E-state index in [0.29, 0.717) is 19.7 Å². The molecule has 0 radical (unpaired) electrons. The first-order chi connectivity index (χ1) is 15.8. The lowest BCUT2D eigenvalue weighted by molar-refractivity contribution is -0.154. The van der Waals surface area contributed by atoms with Gasteiger partial charge in [-0.15, -0.1) is 11.8 Å². The van der Waals surface area contributed by atoms with Crippen LogP contribution in [0.15, 0.2) is 24.3 Å². The first-order valence-electron chi connectivity index (χ1n) is 12.2. The zero-order valence-corrected chi connectivity index (χ0v) is 20.7. The highest BCUT2D eigenvalue weighted by Crippen LogP contribution is 2.65. The van der Waals surface area contributed by atoms with Crippen molar-refractivity contribution in [3.05, 3.63) is 24.3 Å². The number of carbonyl (C=O) groups excluding carboxylic acids is 3. The molecular formula is C25H36N2O5S. The van der Waals surface area contributed by atoms with Gasteiger partial charge in [0.15, 0.2) is 0 Å². The van der Waals surface area contributed by atoms with E-state index in [2.05, 4.69) is 19.1 Å². The number of cyclic esters (lactones) is 1. The first kappa shape index (κ1) is 24.3. The Morgan fingerprint density at radius 3 is 2.70 bits per heavy atom. The standard InChI is InChI=1S/C25H36N2O5S/c1-4-5-13-26-14-10-12-25-18(21(29)27(17(2)16-28)20(25)22(26)30)19-23(31)32-15-9-7-6-8-11-24(19,3)33-25/h8,10-12,17-20,28H,4-7,9,13-16H2,1-3H3/b11-8-/t17-,18+,19+,20?,24-,25+/m1/s1. The van der Waals surface area contributed by atoms with Crippen LogP contribution in [0, 0.1) is 11.8 Å². The van der Waals surface area contributed by atoms with E-state index in [1.807, 2.05) is 24.0 Å². The van der Waals surface area contributed by atoms with Crippen LogP contribution in [0.3, 0.4) is 0 Å². The van der Waals surface area contributed by atoms with Crippen molar-refractivity contribution in [1.82, 2.24) is 9.80 Å². The molecule has 2 saturated heterocycles. The molecule has 1 N–H and O–H groups in total. The molecule has 2 fully saturated rings. The molecule has 4 heterocycles. The van der Waals surface area contributed by atoms with Gasteiger partial charge in [0.1, 0.15) is 6.04 Å². The average Bonchev–Trinajstić information content (AvgIpc) is 3.13. The molecule has 0 saturated carbocycles. The van der Waals surface area contributed by atoms with Gasteiger partial charge in [-0.3, -0.25) is 14.4 Å². The molecule has 4 aliphatic heterocycles. The Morgan fingerprint density at radius 1 is 1.18 bits per heavy atom. The molecule has 0 aromatic rings. The monoisotopic (exact) mass is 476 g/mol. The van der Waals surface area contributed by atoms with Crippen molar-refractivity contribution in [2.75, 3.05) is 26.3 Å². The number of fused-ring (bicyclic) bond motifs is 2. The van der Waals surface area contributed by atoms with Gasteiger partial charge in [0, 0.05) is 17.8 Å². The first-order valence-corrected chi connectivity index (χ1v) is 13.1. The summed E-state index contributed by atoms with van der Waals surface area (Å²) in [5.41, 5.74) is 0. The highest BCUT2D eigenvalue weighted by Gasteiger charge is 2.74. The van der Waals surface area contributed by atoms with Crippen molar-refractivity contribution in [3.63, 3.8) is 0 Å². The van der Waals surface area contributed by atoms with Gasteiger partial charge in [0.2, 0.25) is 11.8 Å². The van der Waals surface area contributed by atoms with Crippen molar-refractivity contribution in [3.8, 4) is 0 Å². The third kappa shape index (κ3) is 3.93. The Labute approximate surface area is 200 Å². The highest BCUT2D eigenvalue weighted by atomic mass is 32.2. The smallest absolute Gasteiger partial charge is 0.311 e. The van der Waals surface area contributed by atoms with Gasteiger partial charge in [-0.1, -0.05) is 37.6 Å². The minimum absolute atomic E-state index is 0.0956. The lowest BCUT2D eigenvalue weighted by Crippen LogP contribution is -2.56. The maximum absolute atomic E-state index is 14.0. The fraction of sp³-hybridized carbons (Fsp3) is 0.720. The lowest BCUT2D eigenvalue weighted by Gasteiger charge is -2.39. The van der Waals surface area contributed by atoms with Crippen molar-refractivity contribution in [2.24, 2.45) is 11.8 Å². The number of hydrogen-bond donors (Lipinski definition) is 1. The van der Waals surface area contributed by atoms with Crippen molar-refractivity contribution >= 4 is 29.5 Å². The van der Waals surface area contributed by atoms with E-state index in [0.717, 1.165) is 32.1 Å². The van der Waals surface area contributed by atoms with Gasteiger partial charge in [0.25, 0.3) is 0 Å². The van der Waals surface area contributed by atoms with Gasteiger partial charge in [-0.2, -0.15) is 0 Å². The second-order valence-electron chi connectivity index (χ2n) is 9.88. The molecule has 2 amide bonds. The number of esters is 1. The molecular weight excluding hydrogens is 440 g/mol. The normalized spacial score (nSPS) is 38.3. The minimum atomic E-state index is -0.880. The summed E-state index contributed by atoms with van der Waals surface area (Å²) < 4.78 is 4.12. The summed E-state index contributed by atoms with van der Waals surface area (Å²) in [5.74, 6) is -2.10. The Morgan fingerprint density at radius 2 is 1.97 bits per heavy atom. The van der Waals surface area contributed by atoms with E-state index in [1.54, 1.807) is 23.6 Å². The van der Waals surface area contributed by atoms with Crippen molar-refractivity contribution in [1.29, 1.82) is 0 Å². The molecule has 4 aliphatic rings. The SMILES string of the molecule is CCCCN1CC=C[C@]23S[C@]4(C)/C=C\CCCCOC(=O)[C@@H]4[C@H]2C(=O)N([C@H](C)CO)C3C1=O. The van der Waals surface area contributed by atoms with Gasteiger partial charge < -0.3 is 19.6 Å². The summed E-state index contributed by atoms with van der Waals surface area (Å²) >= 11 is 1.55. The van der Waals surface area contributed by atoms with E-state index >= 15 is 0 Å². The van der Waals surface area contributed by atoms with Gasteiger partial charge in [-0.05, 0) is 39.5 Å². The van der Waals surface area contributed by atoms with Crippen molar-refractivity contribution < 1.29 is 24.2 Å². The largest absolute Gasteiger partial charge is 0.465 e. The number of aliphatic hydroxyl groups excluding tert-OH is 1. The molecule has 0 aromatic heterocycles.